The summed E-state index contributed by atoms with van der Waals surface area (Å²) >= 11 is 0. The molecule has 4 atom stereocenters. The maximum absolute atomic E-state index is 13.2. The van der Waals surface area contributed by atoms with Crippen LogP contribution in [0.25, 0.3) is 0 Å². The van der Waals surface area contributed by atoms with E-state index in [9.17, 15) is 19.8 Å². The highest BCUT2D eigenvalue weighted by Gasteiger charge is 2.45. The number of benzene rings is 1. The van der Waals surface area contributed by atoms with Crippen LogP contribution in [0.2, 0.25) is 0 Å². The van der Waals surface area contributed by atoms with Gasteiger partial charge in [-0.25, -0.2) is 0 Å². The van der Waals surface area contributed by atoms with Gasteiger partial charge in [-0.05, 0) is 17.0 Å². The number of carbonyl (C=O) groups excluding carboxylic acids is 2. The van der Waals surface area contributed by atoms with E-state index in [4.69, 9.17) is 5.73 Å². The van der Waals surface area contributed by atoms with E-state index in [1.165, 1.54) is 4.90 Å². The van der Waals surface area contributed by atoms with Crippen LogP contribution in [0.15, 0.2) is 24.3 Å². The quantitative estimate of drug-likeness (QED) is 0.709. The number of β-amino-alcohol motifs (C(OH)–C–C–N with tert-alkyl or cyclic N) is 1. The molecule has 1 unspecified atom stereocenters. The van der Waals surface area contributed by atoms with Crippen LogP contribution in [-0.2, 0) is 16.1 Å². The summed E-state index contributed by atoms with van der Waals surface area (Å²) in [5.74, 6) is -0.970. The summed E-state index contributed by atoms with van der Waals surface area (Å²) in [4.78, 5) is 28.0. The molecule has 2 amide bonds. The van der Waals surface area contributed by atoms with Crippen molar-refractivity contribution in [2.45, 2.75) is 51.2 Å². The highest BCUT2D eigenvalue weighted by Crippen LogP contribution is 2.36. The Kier molecular flexibility index (Phi) is 4.81. The topological polar surface area (TPSA) is 107 Å². The van der Waals surface area contributed by atoms with Crippen molar-refractivity contribution >= 4 is 11.8 Å². The van der Waals surface area contributed by atoms with Gasteiger partial charge in [0.15, 0.2) is 0 Å². The zero-order chi connectivity index (χ0) is 18.3. The molecule has 1 aromatic rings. The Morgan fingerprint density at radius 1 is 1.24 bits per heavy atom. The van der Waals surface area contributed by atoms with Crippen LogP contribution in [0.5, 0.6) is 0 Å². The Morgan fingerprint density at radius 2 is 1.92 bits per heavy atom. The second-order valence-electron chi connectivity index (χ2n) is 7.23. The molecule has 0 saturated carbocycles. The minimum Gasteiger partial charge on any atom is -0.391 e. The van der Waals surface area contributed by atoms with Crippen LogP contribution in [0, 0.1) is 5.92 Å². The second kappa shape index (κ2) is 6.74. The number of rotatable bonds is 4. The first kappa shape index (κ1) is 17.8. The molecule has 1 saturated heterocycles. The standard InChI is InChI=1S/C18H25N3O4/c1-10(2)15(18(25)20-9-12(22)7-14(20)16(19)23)21-8-11-5-3-4-6-13(11)17(21)24/h3-6,10,12,14-15,17,22,24H,7-9H2,1-2H3,(H2,19,23)/t12-,14+,15+,17?/m1/s1. The first-order valence-electron chi connectivity index (χ1n) is 8.60. The van der Waals surface area contributed by atoms with E-state index in [-0.39, 0.29) is 24.8 Å². The van der Waals surface area contributed by atoms with E-state index < -0.39 is 30.3 Å². The van der Waals surface area contributed by atoms with Crippen molar-refractivity contribution in [3.63, 3.8) is 0 Å². The maximum Gasteiger partial charge on any atom is 0.241 e. The molecule has 1 fully saturated rings. The number of hydrogen-bond donors (Lipinski definition) is 3. The number of amides is 2. The lowest BCUT2D eigenvalue weighted by Crippen LogP contribution is -2.54. The molecule has 4 N–H and O–H groups in total. The summed E-state index contributed by atoms with van der Waals surface area (Å²) in [5.41, 5.74) is 7.19. The van der Waals surface area contributed by atoms with Gasteiger partial charge in [-0.15, -0.1) is 0 Å². The molecule has 25 heavy (non-hydrogen) atoms. The summed E-state index contributed by atoms with van der Waals surface area (Å²) < 4.78 is 0. The molecule has 7 heteroatoms. The SMILES string of the molecule is CC(C)[C@@H](C(=O)N1C[C@H](O)C[C@H]1C(N)=O)N1Cc2ccccc2C1O. The van der Waals surface area contributed by atoms with Crippen LogP contribution in [0.3, 0.4) is 0 Å². The monoisotopic (exact) mass is 347 g/mol. The average Bonchev–Trinajstić information content (AvgIpc) is 3.09. The lowest BCUT2D eigenvalue weighted by molar-refractivity contribution is -0.148. The van der Waals surface area contributed by atoms with Crippen molar-refractivity contribution in [2.75, 3.05) is 6.54 Å². The largest absolute Gasteiger partial charge is 0.391 e. The van der Waals surface area contributed by atoms with Crippen molar-refractivity contribution in [1.29, 1.82) is 0 Å². The van der Waals surface area contributed by atoms with Crippen LogP contribution in [0.1, 0.15) is 37.6 Å². The van der Waals surface area contributed by atoms with Crippen molar-refractivity contribution in [2.24, 2.45) is 11.7 Å². The van der Waals surface area contributed by atoms with Gasteiger partial charge in [-0.3, -0.25) is 14.5 Å². The molecule has 0 aromatic heterocycles. The number of aliphatic hydroxyl groups excluding tert-OH is 2. The molecule has 2 aliphatic rings. The number of likely N-dealkylation sites (tertiary alicyclic amines) is 1. The number of nitrogens with zero attached hydrogens (tertiary/aromatic N) is 2. The summed E-state index contributed by atoms with van der Waals surface area (Å²) in [6.45, 7) is 4.37. The number of nitrogens with two attached hydrogens (primary N) is 1. The minimum absolute atomic E-state index is 0.0808. The number of primary amides is 1. The zero-order valence-corrected chi connectivity index (χ0v) is 14.5. The zero-order valence-electron chi connectivity index (χ0n) is 14.5. The number of hydrogen-bond acceptors (Lipinski definition) is 5. The Labute approximate surface area is 147 Å². The smallest absolute Gasteiger partial charge is 0.241 e. The lowest BCUT2D eigenvalue weighted by Gasteiger charge is -2.36. The third-order valence-corrected chi connectivity index (χ3v) is 5.13. The fraction of sp³-hybridized carbons (Fsp3) is 0.556. The molecule has 1 aromatic carbocycles. The van der Waals surface area contributed by atoms with Crippen LogP contribution in [-0.4, -0.2) is 56.6 Å². The van der Waals surface area contributed by atoms with Crippen LogP contribution < -0.4 is 5.73 Å². The van der Waals surface area contributed by atoms with Gasteiger partial charge in [-0.2, -0.15) is 0 Å². The Hall–Kier alpha value is -1.96. The summed E-state index contributed by atoms with van der Waals surface area (Å²) in [6, 6.07) is 6.15. The predicted molar refractivity (Wildman–Crippen MR) is 90.9 cm³/mol. The van der Waals surface area contributed by atoms with Gasteiger partial charge in [0, 0.05) is 19.5 Å². The molecular formula is C18H25N3O4. The van der Waals surface area contributed by atoms with Gasteiger partial charge in [0.1, 0.15) is 12.3 Å². The van der Waals surface area contributed by atoms with Crippen molar-refractivity contribution < 1.29 is 19.8 Å². The average molecular weight is 347 g/mol. The summed E-state index contributed by atoms with van der Waals surface area (Å²) in [7, 11) is 0. The summed E-state index contributed by atoms with van der Waals surface area (Å²) in [5, 5.41) is 20.6. The van der Waals surface area contributed by atoms with E-state index in [1.54, 1.807) is 4.90 Å². The maximum atomic E-state index is 13.2. The van der Waals surface area contributed by atoms with E-state index in [0.717, 1.165) is 11.1 Å². The minimum atomic E-state index is -0.868. The number of carbonyl (C=O) groups is 2. The molecule has 2 aliphatic heterocycles. The third kappa shape index (κ3) is 3.15. The van der Waals surface area contributed by atoms with Crippen molar-refractivity contribution in [3.05, 3.63) is 35.4 Å². The molecule has 0 bridgehead atoms. The van der Waals surface area contributed by atoms with Crippen molar-refractivity contribution in [1.82, 2.24) is 9.80 Å². The van der Waals surface area contributed by atoms with Gasteiger partial charge in [-0.1, -0.05) is 38.1 Å². The normalized spacial score (nSPS) is 27.6. The van der Waals surface area contributed by atoms with Gasteiger partial charge in [0.25, 0.3) is 0 Å². The Morgan fingerprint density at radius 3 is 2.52 bits per heavy atom. The molecular weight excluding hydrogens is 322 g/mol. The molecule has 0 radical (unpaired) electrons. The lowest BCUT2D eigenvalue weighted by atomic mass is 10.00. The second-order valence-corrected chi connectivity index (χ2v) is 7.23. The predicted octanol–water partition coefficient (Wildman–Crippen LogP) is -0.0352. The number of aliphatic hydroxyl groups is 2. The van der Waals surface area contributed by atoms with Crippen LogP contribution >= 0.6 is 0 Å². The molecule has 7 nitrogen and oxygen atoms in total. The first-order chi connectivity index (χ1) is 11.8. The molecule has 3 rings (SSSR count). The van der Waals surface area contributed by atoms with E-state index in [1.807, 2.05) is 38.1 Å². The molecule has 0 spiro atoms. The fourth-order valence-corrected chi connectivity index (χ4v) is 3.95. The molecule has 2 heterocycles. The highest BCUT2D eigenvalue weighted by molar-refractivity contribution is 5.90. The Balaban J connectivity index is 1.87. The van der Waals surface area contributed by atoms with Gasteiger partial charge in [0.2, 0.25) is 11.8 Å². The van der Waals surface area contributed by atoms with E-state index >= 15 is 0 Å². The van der Waals surface area contributed by atoms with E-state index in [0.29, 0.717) is 6.54 Å². The fourth-order valence-electron chi connectivity index (χ4n) is 3.95. The van der Waals surface area contributed by atoms with E-state index in [2.05, 4.69) is 0 Å². The van der Waals surface area contributed by atoms with Gasteiger partial charge in [0.05, 0.1) is 12.1 Å². The first-order valence-corrected chi connectivity index (χ1v) is 8.60. The molecule has 136 valence electrons. The van der Waals surface area contributed by atoms with Gasteiger partial charge >= 0.3 is 0 Å². The molecule has 0 aliphatic carbocycles. The highest BCUT2D eigenvalue weighted by atomic mass is 16.3. The van der Waals surface area contributed by atoms with Crippen molar-refractivity contribution in [3.8, 4) is 0 Å². The third-order valence-electron chi connectivity index (χ3n) is 5.13. The summed E-state index contributed by atoms with van der Waals surface area (Å²) in [6.07, 6.45) is -1.46. The van der Waals surface area contributed by atoms with Crippen LogP contribution in [0.4, 0.5) is 0 Å². The Bertz CT molecular complexity index is 678. The van der Waals surface area contributed by atoms with Gasteiger partial charge < -0.3 is 20.8 Å². The number of fused-ring (bicyclic) bond motifs is 1.